The predicted molar refractivity (Wildman–Crippen MR) is 70.4 cm³/mol. The molecule has 1 amide bonds. The molecule has 0 aliphatic heterocycles. The minimum atomic E-state index is -0.396. The molecule has 0 saturated heterocycles. The molecular weight excluding hydrogens is 233 g/mol. The Balaban J connectivity index is 2.68. The van der Waals surface area contributed by atoms with Crippen LogP contribution in [-0.4, -0.2) is 30.4 Å². The average Bonchev–Trinajstić information content (AvgIpc) is 2.34. The van der Waals surface area contributed by atoms with E-state index >= 15 is 0 Å². The largest absolute Gasteiger partial charge is 0.396 e. The van der Waals surface area contributed by atoms with Crippen molar-refractivity contribution in [2.45, 2.75) is 20.4 Å². The third kappa shape index (κ3) is 4.00. The van der Waals surface area contributed by atoms with Crippen molar-refractivity contribution in [3.8, 4) is 0 Å². The highest BCUT2D eigenvalue weighted by molar-refractivity contribution is 5.77. The number of rotatable bonds is 6. The summed E-state index contributed by atoms with van der Waals surface area (Å²) in [6, 6.07) is 4.93. The number of carbonyl (C=O) groups excluding carboxylic acids is 1. The Labute approximate surface area is 107 Å². The van der Waals surface area contributed by atoms with Crippen LogP contribution in [0.1, 0.15) is 19.4 Å². The minimum absolute atomic E-state index is 0.0522. The van der Waals surface area contributed by atoms with E-state index in [1.54, 1.807) is 12.1 Å². The molecule has 0 bridgehead atoms. The van der Waals surface area contributed by atoms with E-state index in [4.69, 9.17) is 5.73 Å². The monoisotopic (exact) mass is 253 g/mol. The van der Waals surface area contributed by atoms with Crippen LogP contribution in [0.15, 0.2) is 18.2 Å². The number of nitrogens with zero attached hydrogens (tertiary/aromatic N) is 1. The molecule has 0 saturated carbocycles. The lowest BCUT2D eigenvalue weighted by molar-refractivity contribution is -0.122. The molecule has 1 rings (SSSR count). The fraction of sp³-hybridized carbons (Fsp3) is 0.462. The number of nitrogens with one attached hydrogen (secondary N) is 1. The summed E-state index contributed by atoms with van der Waals surface area (Å²) in [5.74, 6) is -0.449. The molecule has 0 aliphatic rings. The number of hydrogen-bond acceptors (Lipinski definition) is 3. The van der Waals surface area contributed by atoms with Gasteiger partial charge in [-0.1, -0.05) is 19.1 Å². The Morgan fingerprint density at radius 1 is 1.44 bits per heavy atom. The summed E-state index contributed by atoms with van der Waals surface area (Å²) in [5.41, 5.74) is 6.17. The lowest BCUT2D eigenvalue weighted by atomic mass is 10.1. The number of hydrogen-bond donors (Lipinski definition) is 2. The van der Waals surface area contributed by atoms with Crippen molar-refractivity contribution in [2.24, 2.45) is 0 Å². The third-order valence-corrected chi connectivity index (χ3v) is 2.69. The quantitative estimate of drug-likeness (QED) is 0.753. The first-order chi connectivity index (χ1) is 8.58. The summed E-state index contributed by atoms with van der Waals surface area (Å²) in [6.45, 7) is 5.71. The Hall–Kier alpha value is -1.62. The highest BCUT2D eigenvalue weighted by Crippen LogP contribution is 2.16. The van der Waals surface area contributed by atoms with E-state index in [1.165, 1.54) is 6.07 Å². The van der Waals surface area contributed by atoms with Gasteiger partial charge in [-0.15, -0.1) is 0 Å². The summed E-state index contributed by atoms with van der Waals surface area (Å²) in [6.07, 6.45) is 0. The number of anilines is 1. The van der Waals surface area contributed by atoms with Gasteiger partial charge < -0.3 is 11.1 Å². The number of benzene rings is 1. The standard InChI is InChI=1S/C13H20FN3O/c1-3-16-12(18)9-17(4-2)8-10-6-5-7-11(15)13(10)14/h5-7H,3-4,8-9,15H2,1-2H3,(H,16,18). The first-order valence-corrected chi connectivity index (χ1v) is 6.10. The number of halogens is 1. The molecule has 0 fully saturated rings. The minimum Gasteiger partial charge on any atom is -0.396 e. The maximum Gasteiger partial charge on any atom is 0.234 e. The molecule has 0 aliphatic carbocycles. The number of likely N-dealkylation sites (N-methyl/N-ethyl adjacent to an activating group) is 2. The second-order valence-electron chi connectivity index (χ2n) is 4.08. The van der Waals surface area contributed by atoms with E-state index in [2.05, 4.69) is 5.32 Å². The molecule has 0 unspecified atom stereocenters. The van der Waals surface area contributed by atoms with Gasteiger partial charge >= 0.3 is 0 Å². The SMILES string of the molecule is CCNC(=O)CN(CC)Cc1cccc(N)c1F. The Morgan fingerprint density at radius 3 is 2.78 bits per heavy atom. The van der Waals surface area contributed by atoms with E-state index in [0.29, 0.717) is 25.2 Å². The van der Waals surface area contributed by atoms with E-state index in [1.807, 2.05) is 18.7 Å². The van der Waals surface area contributed by atoms with Gasteiger partial charge in [0.05, 0.1) is 12.2 Å². The molecule has 100 valence electrons. The molecule has 1 aromatic carbocycles. The van der Waals surface area contributed by atoms with Crippen molar-refractivity contribution in [1.29, 1.82) is 0 Å². The first kappa shape index (κ1) is 14.4. The maximum absolute atomic E-state index is 13.7. The number of amides is 1. The second kappa shape index (κ2) is 6.96. The van der Waals surface area contributed by atoms with E-state index in [9.17, 15) is 9.18 Å². The summed E-state index contributed by atoms with van der Waals surface area (Å²) < 4.78 is 13.7. The van der Waals surface area contributed by atoms with E-state index < -0.39 is 5.82 Å². The van der Waals surface area contributed by atoms with Gasteiger partial charge in [0.2, 0.25) is 5.91 Å². The topological polar surface area (TPSA) is 58.4 Å². The molecule has 0 heterocycles. The number of nitrogen functional groups attached to an aromatic ring is 1. The zero-order chi connectivity index (χ0) is 13.5. The fourth-order valence-electron chi connectivity index (χ4n) is 1.70. The van der Waals surface area contributed by atoms with Crippen LogP contribution in [0.5, 0.6) is 0 Å². The van der Waals surface area contributed by atoms with Gasteiger partial charge in [-0.25, -0.2) is 4.39 Å². The van der Waals surface area contributed by atoms with Crippen LogP contribution in [0, 0.1) is 5.82 Å². The number of nitrogens with two attached hydrogens (primary N) is 1. The molecule has 0 radical (unpaired) electrons. The van der Waals surface area contributed by atoms with Crippen LogP contribution in [-0.2, 0) is 11.3 Å². The molecule has 0 spiro atoms. The first-order valence-electron chi connectivity index (χ1n) is 6.10. The highest BCUT2D eigenvalue weighted by atomic mass is 19.1. The molecular formula is C13H20FN3O. The van der Waals surface area contributed by atoms with Crippen molar-refractivity contribution in [1.82, 2.24) is 10.2 Å². The van der Waals surface area contributed by atoms with Gasteiger partial charge in [0, 0.05) is 18.7 Å². The van der Waals surface area contributed by atoms with Crippen LogP contribution in [0.2, 0.25) is 0 Å². The Morgan fingerprint density at radius 2 is 2.17 bits per heavy atom. The molecule has 5 heteroatoms. The van der Waals surface area contributed by atoms with Crippen molar-refractivity contribution >= 4 is 11.6 Å². The van der Waals surface area contributed by atoms with Crippen molar-refractivity contribution in [3.63, 3.8) is 0 Å². The van der Waals surface area contributed by atoms with Crippen LogP contribution >= 0.6 is 0 Å². The molecule has 0 atom stereocenters. The maximum atomic E-state index is 13.7. The van der Waals surface area contributed by atoms with Crippen LogP contribution in [0.25, 0.3) is 0 Å². The Kier molecular flexibility index (Phi) is 5.58. The third-order valence-electron chi connectivity index (χ3n) is 2.69. The molecule has 18 heavy (non-hydrogen) atoms. The van der Waals surface area contributed by atoms with E-state index in [0.717, 1.165) is 0 Å². The predicted octanol–water partition coefficient (Wildman–Crippen LogP) is 1.37. The second-order valence-corrected chi connectivity index (χ2v) is 4.08. The zero-order valence-corrected chi connectivity index (χ0v) is 10.9. The molecule has 3 N–H and O–H groups in total. The summed E-state index contributed by atoms with van der Waals surface area (Å²) in [4.78, 5) is 13.3. The average molecular weight is 253 g/mol. The molecule has 1 aromatic rings. The summed E-state index contributed by atoms with van der Waals surface area (Å²) in [7, 11) is 0. The zero-order valence-electron chi connectivity index (χ0n) is 10.9. The van der Waals surface area contributed by atoms with Crippen molar-refractivity contribution < 1.29 is 9.18 Å². The van der Waals surface area contributed by atoms with Gasteiger partial charge in [-0.3, -0.25) is 9.69 Å². The van der Waals surface area contributed by atoms with Gasteiger partial charge in [0.15, 0.2) is 5.82 Å². The smallest absolute Gasteiger partial charge is 0.234 e. The van der Waals surface area contributed by atoms with Gasteiger partial charge in [-0.2, -0.15) is 0 Å². The van der Waals surface area contributed by atoms with Crippen molar-refractivity contribution in [3.05, 3.63) is 29.6 Å². The Bertz CT molecular complexity index is 409. The van der Waals surface area contributed by atoms with Gasteiger partial charge in [0.25, 0.3) is 0 Å². The normalized spacial score (nSPS) is 10.7. The van der Waals surface area contributed by atoms with Gasteiger partial charge in [-0.05, 0) is 19.5 Å². The summed E-state index contributed by atoms with van der Waals surface area (Å²) in [5, 5.41) is 2.72. The van der Waals surface area contributed by atoms with E-state index in [-0.39, 0.29) is 18.1 Å². The van der Waals surface area contributed by atoms with Crippen LogP contribution in [0.4, 0.5) is 10.1 Å². The lowest BCUT2D eigenvalue weighted by Crippen LogP contribution is -2.36. The summed E-state index contributed by atoms with van der Waals surface area (Å²) >= 11 is 0. The number of carbonyl (C=O) groups is 1. The fourth-order valence-corrected chi connectivity index (χ4v) is 1.70. The van der Waals surface area contributed by atoms with Crippen molar-refractivity contribution in [2.75, 3.05) is 25.4 Å². The lowest BCUT2D eigenvalue weighted by Gasteiger charge is -2.20. The van der Waals surface area contributed by atoms with Gasteiger partial charge in [0.1, 0.15) is 0 Å². The molecule has 4 nitrogen and oxygen atoms in total. The van der Waals surface area contributed by atoms with Crippen LogP contribution < -0.4 is 11.1 Å². The highest BCUT2D eigenvalue weighted by Gasteiger charge is 2.12. The molecule has 0 aromatic heterocycles. The van der Waals surface area contributed by atoms with Crippen LogP contribution in [0.3, 0.4) is 0 Å².